The van der Waals surface area contributed by atoms with Gasteiger partial charge in [-0.2, -0.15) is 0 Å². The van der Waals surface area contributed by atoms with Gasteiger partial charge in [0.15, 0.2) is 5.13 Å². The summed E-state index contributed by atoms with van der Waals surface area (Å²) in [6.45, 7) is 7.63. The predicted molar refractivity (Wildman–Crippen MR) is 111 cm³/mol. The van der Waals surface area contributed by atoms with Crippen molar-refractivity contribution in [2.75, 3.05) is 37.7 Å². The van der Waals surface area contributed by atoms with E-state index in [2.05, 4.69) is 16.8 Å². The molecule has 28 heavy (non-hydrogen) atoms. The van der Waals surface area contributed by atoms with Crippen molar-refractivity contribution in [2.45, 2.75) is 26.4 Å². The van der Waals surface area contributed by atoms with Crippen molar-refractivity contribution in [1.29, 1.82) is 0 Å². The Balaban J connectivity index is 1.43. The second kappa shape index (κ2) is 8.22. The Morgan fingerprint density at radius 1 is 1.36 bits per heavy atom. The first-order valence-corrected chi connectivity index (χ1v) is 10.6. The van der Waals surface area contributed by atoms with E-state index in [-0.39, 0.29) is 12.0 Å². The molecule has 6 nitrogen and oxygen atoms in total. The molecule has 1 unspecified atom stereocenters. The van der Waals surface area contributed by atoms with Gasteiger partial charge >= 0.3 is 0 Å². The van der Waals surface area contributed by atoms with Gasteiger partial charge in [0.1, 0.15) is 17.6 Å². The monoisotopic (exact) mass is 399 g/mol. The summed E-state index contributed by atoms with van der Waals surface area (Å²) in [6.07, 6.45) is 6.37. The normalized spacial score (nSPS) is 19.0. The minimum Gasteiger partial charge on any atom is -0.493 e. The van der Waals surface area contributed by atoms with E-state index in [1.54, 1.807) is 17.4 Å². The van der Waals surface area contributed by atoms with Gasteiger partial charge in [0.25, 0.3) is 0 Å². The van der Waals surface area contributed by atoms with E-state index < -0.39 is 0 Å². The van der Waals surface area contributed by atoms with Crippen LogP contribution in [-0.2, 0) is 11.2 Å². The summed E-state index contributed by atoms with van der Waals surface area (Å²) in [7, 11) is 0. The first-order valence-electron chi connectivity index (χ1n) is 9.72. The average Bonchev–Trinajstić information content (AvgIpc) is 3.35. The maximum Gasteiger partial charge on any atom is 0.246 e. The Bertz CT molecular complexity index is 858. The first-order chi connectivity index (χ1) is 13.6. The summed E-state index contributed by atoms with van der Waals surface area (Å²) in [5, 5.41) is 3.00. The van der Waals surface area contributed by atoms with Crippen LogP contribution >= 0.6 is 11.3 Å². The molecule has 1 fully saturated rings. The predicted octanol–water partition coefficient (Wildman–Crippen LogP) is 3.23. The average molecular weight is 400 g/mol. The molecule has 0 radical (unpaired) electrons. The van der Waals surface area contributed by atoms with Gasteiger partial charge in [-0.1, -0.05) is 0 Å². The number of amides is 1. The lowest BCUT2D eigenvalue weighted by Gasteiger charge is -2.34. The van der Waals surface area contributed by atoms with Crippen LogP contribution in [0.5, 0.6) is 11.5 Å². The number of anilines is 1. The number of fused-ring (bicyclic) bond motifs is 1. The van der Waals surface area contributed by atoms with Gasteiger partial charge in [0.05, 0.1) is 6.61 Å². The van der Waals surface area contributed by atoms with Gasteiger partial charge in [0.2, 0.25) is 5.91 Å². The molecule has 4 rings (SSSR count). The molecule has 1 atom stereocenters. The Morgan fingerprint density at radius 3 is 2.89 bits per heavy atom. The molecule has 2 aliphatic heterocycles. The SMILES string of the molecule is CCOc1cc2c(cc1/C=C/C(=O)N1CCN(c3nccs3)CC1)OC(C)C2. The van der Waals surface area contributed by atoms with Crippen molar-refractivity contribution in [1.82, 2.24) is 9.88 Å². The number of carbonyl (C=O) groups is 1. The van der Waals surface area contributed by atoms with Crippen LogP contribution in [0.3, 0.4) is 0 Å². The van der Waals surface area contributed by atoms with E-state index in [4.69, 9.17) is 9.47 Å². The summed E-state index contributed by atoms with van der Waals surface area (Å²) in [6, 6.07) is 4.02. The van der Waals surface area contributed by atoms with Crippen LogP contribution < -0.4 is 14.4 Å². The molecule has 1 amide bonds. The van der Waals surface area contributed by atoms with Crippen molar-refractivity contribution in [2.24, 2.45) is 0 Å². The summed E-state index contributed by atoms with van der Waals surface area (Å²) in [4.78, 5) is 21.1. The van der Waals surface area contributed by atoms with E-state index in [1.165, 1.54) is 0 Å². The molecule has 0 bridgehead atoms. The number of hydrogen-bond donors (Lipinski definition) is 0. The quantitative estimate of drug-likeness (QED) is 0.723. The van der Waals surface area contributed by atoms with Gasteiger partial charge in [-0.05, 0) is 32.1 Å². The minimum atomic E-state index is 0.0241. The first kappa shape index (κ1) is 18.8. The number of carbonyl (C=O) groups excluding carboxylic acids is 1. The number of benzene rings is 1. The lowest BCUT2D eigenvalue weighted by molar-refractivity contribution is -0.126. The molecule has 7 heteroatoms. The van der Waals surface area contributed by atoms with E-state index >= 15 is 0 Å². The van der Waals surface area contributed by atoms with Crippen molar-refractivity contribution in [3.05, 3.63) is 40.9 Å². The molecule has 1 aromatic carbocycles. The van der Waals surface area contributed by atoms with Gasteiger partial charge in [0, 0.05) is 61.4 Å². The molecule has 0 spiro atoms. The van der Waals surface area contributed by atoms with Crippen molar-refractivity contribution >= 4 is 28.5 Å². The molecule has 2 aliphatic rings. The lowest BCUT2D eigenvalue weighted by Crippen LogP contribution is -2.48. The Hall–Kier alpha value is -2.54. The number of piperazine rings is 1. The molecule has 148 valence electrons. The second-order valence-corrected chi connectivity index (χ2v) is 7.90. The number of hydrogen-bond acceptors (Lipinski definition) is 6. The fourth-order valence-electron chi connectivity index (χ4n) is 3.62. The van der Waals surface area contributed by atoms with E-state index in [9.17, 15) is 4.79 Å². The Morgan fingerprint density at radius 2 is 2.18 bits per heavy atom. The zero-order valence-corrected chi connectivity index (χ0v) is 17.1. The fourth-order valence-corrected chi connectivity index (χ4v) is 4.32. The maximum absolute atomic E-state index is 12.7. The van der Waals surface area contributed by atoms with E-state index in [1.807, 2.05) is 41.6 Å². The van der Waals surface area contributed by atoms with E-state index in [0.29, 0.717) is 19.7 Å². The standard InChI is InChI=1S/C21H25N3O3S/c1-3-26-18-14-17-12-15(2)27-19(17)13-16(18)4-5-20(25)23-7-9-24(10-8-23)21-22-6-11-28-21/h4-6,11,13-15H,3,7-10,12H2,1-2H3/b5-4+. The van der Waals surface area contributed by atoms with Crippen molar-refractivity contribution in [3.8, 4) is 11.5 Å². The maximum atomic E-state index is 12.7. The zero-order valence-electron chi connectivity index (χ0n) is 16.3. The summed E-state index contributed by atoms with van der Waals surface area (Å²) in [5.74, 6) is 1.72. The Labute approximate surface area is 169 Å². The molecule has 0 saturated carbocycles. The molecule has 0 N–H and O–H groups in total. The highest BCUT2D eigenvalue weighted by Gasteiger charge is 2.23. The zero-order chi connectivity index (χ0) is 19.5. The second-order valence-electron chi connectivity index (χ2n) is 7.02. The summed E-state index contributed by atoms with van der Waals surface area (Å²) in [5.41, 5.74) is 2.04. The summed E-state index contributed by atoms with van der Waals surface area (Å²) < 4.78 is 11.6. The molecule has 3 heterocycles. The van der Waals surface area contributed by atoms with Gasteiger partial charge in [-0.15, -0.1) is 11.3 Å². The molecule has 2 aromatic rings. The van der Waals surface area contributed by atoms with Crippen LogP contribution in [-0.4, -0.2) is 54.7 Å². The molecule has 1 aromatic heterocycles. The molecule has 1 saturated heterocycles. The van der Waals surface area contributed by atoms with Crippen LogP contribution in [0.4, 0.5) is 5.13 Å². The molecular weight excluding hydrogens is 374 g/mol. The van der Waals surface area contributed by atoms with Crippen molar-refractivity contribution < 1.29 is 14.3 Å². The Kier molecular flexibility index (Phi) is 5.52. The van der Waals surface area contributed by atoms with E-state index in [0.717, 1.165) is 47.3 Å². The van der Waals surface area contributed by atoms with Gasteiger partial charge in [-0.3, -0.25) is 4.79 Å². The lowest BCUT2D eigenvalue weighted by atomic mass is 10.1. The highest BCUT2D eigenvalue weighted by molar-refractivity contribution is 7.13. The number of rotatable bonds is 5. The number of aromatic nitrogens is 1. The summed E-state index contributed by atoms with van der Waals surface area (Å²) >= 11 is 1.63. The van der Waals surface area contributed by atoms with Crippen LogP contribution in [0.2, 0.25) is 0 Å². The van der Waals surface area contributed by atoms with Crippen LogP contribution in [0.15, 0.2) is 29.8 Å². The van der Waals surface area contributed by atoms with Gasteiger partial charge in [-0.25, -0.2) is 4.98 Å². The minimum absolute atomic E-state index is 0.0241. The van der Waals surface area contributed by atoms with Crippen LogP contribution in [0.25, 0.3) is 6.08 Å². The third-order valence-corrected chi connectivity index (χ3v) is 5.85. The third kappa shape index (κ3) is 3.99. The number of ether oxygens (including phenoxy) is 2. The number of thiazole rings is 1. The highest BCUT2D eigenvalue weighted by Crippen LogP contribution is 2.35. The molecule has 0 aliphatic carbocycles. The fraction of sp³-hybridized carbons (Fsp3) is 0.429. The largest absolute Gasteiger partial charge is 0.493 e. The number of nitrogens with zero attached hydrogens (tertiary/aromatic N) is 3. The van der Waals surface area contributed by atoms with Gasteiger partial charge < -0.3 is 19.3 Å². The third-order valence-electron chi connectivity index (χ3n) is 5.01. The van der Waals surface area contributed by atoms with Crippen LogP contribution in [0.1, 0.15) is 25.0 Å². The molecular formula is C21H25N3O3S. The smallest absolute Gasteiger partial charge is 0.246 e. The van der Waals surface area contributed by atoms with Crippen molar-refractivity contribution in [3.63, 3.8) is 0 Å². The highest BCUT2D eigenvalue weighted by atomic mass is 32.1. The van der Waals surface area contributed by atoms with Crippen LogP contribution in [0, 0.1) is 0 Å². The topological polar surface area (TPSA) is 54.9 Å².